The molecule has 46 heavy (non-hydrogen) atoms. The number of carbonyl (C=O) groups excluding carboxylic acids is 4. The molecule has 4 N–H and O–H groups in total. The summed E-state index contributed by atoms with van der Waals surface area (Å²) in [5.41, 5.74) is 4.65. The first-order valence-electron chi connectivity index (χ1n) is 15.1. The number of nitrogens with one attached hydrogen (secondary N) is 4. The number of aromatic nitrogens is 3. The summed E-state index contributed by atoms with van der Waals surface area (Å²) in [6.07, 6.45) is 2.88. The zero-order valence-corrected chi connectivity index (χ0v) is 25.5. The Morgan fingerprint density at radius 1 is 1.00 bits per heavy atom. The minimum atomic E-state index is -1.02. The first kappa shape index (κ1) is 29.4. The van der Waals surface area contributed by atoms with Crippen molar-refractivity contribution in [3.8, 4) is 0 Å². The number of H-pyrrole nitrogens is 1. The van der Waals surface area contributed by atoms with Crippen molar-refractivity contribution in [2.75, 3.05) is 4.90 Å². The zero-order chi connectivity index (χ0) is 31.6. The summed E-state index contributed by atoms with van der Waals surface area (Å²) in [6.45, 7) is 0.164. The van der Waals surface area contributed by atoms with Crippen LogP contribution in [0.25, 0.3) is 10.1 Å². The van der Waals surface area contributed by atoms with Gasteiger partial charge in [0.05, 0.1) is 24.8 Å². The van der Waals surface area contributed by atoms with Crippen LogP contribution in [0.3, 0.4) is 0 Å². The average molecular weight is 634 g/mol. The maximum atomic E-state index is 14.2. The van der Waals surface area contributed by atoms with Crippen LogP contribution in [0.15, 0.2) is 84.4 Å². The van der Waals surface area contributed by atoms with Gasteiger partial charge in [-0.25, -0.2) is 0 Å². The number of hydrogen-bond donors (Lipinski definition) is 4. The predicted octanol–water partition coefficient (Wildman–Crippen LogP) is 3.12. The zero-order valence-electron chi connectivity index (χ0n) is 24.7. The number of benzene rings is 3. The van der Waals surface area contributed by atoms with Crippen LogP contribution in [0.1, 0.15) is 40.4 Å². The van der Waals surface area contributed by atoms with Crippen LogP contribution in [0.4, 0.5) is 5.69 Å². The Morgan fingerprint density at radius 3 is 2.63 bits per heavy atom. The lowest BCUT2D eigenvalue weighted by Crippen LogP contribution is -2.55. The molecule has 5 aromatic rings. The molecule has 0 radical (unpaired) electrons. The number of thiophene rings is 1. The number of aryl methyl sites for hydroxylation is 1. The van der Waals surface area contributed by atoms with Crippen LogP contribution in [-0.4, -0.2) is 51.1 Å². The molecule has 2 aromatic heterocycles. The van der Waals surface area contributed by atoms with Crippen molar-refractivity contribution in [3.05, 3.63) is 112 Å². The number of carbonyl (C=O) groups is 4. The quantitative estimate of drug-likeness (QED) is 0.196. The molecule has 3 aromatic carbocycles. The predicted molar refractivity (Wildman–Crippen MR) is 173 cm³/mol. The molecular weight excluding hydrogens is 602 g/mol. The molecule has 12 heteroatoms. The van der Waals surface area contributed by atoms with E-state index >= 15 is 0 Å². The number of amides is 4. The number of para-hydroxylation sites is 1. The van der Waals surface area contributed by atoms with E-state index < -0.39 is 24.0 Å². The second kappa shape index (κ2) is 12.6. The minimum absolute atomic E-state index is 0.111. The number of anilines is 1. The van der Waals surface area contributed by atoms with Gasteiger partial charge in [0.2, 0.25) is 23.6 Å². The van der Waals surface area contributed by atoms with Crippen LogP contribution < -0.4 is 20.9 Å². The second-order valence-corrected chi connectivity index (χ2v) is 12.4. The molecule has 0 unspecified atom stereocenters. The van der Waals surface area contributed by atoms with Crippen LogP contribution >= 0.6 is 11.3 Å². The first-order valence-corrected chi connectivity index (χ1v) is 16.0. The van der Waals surface area contributed by atoms with Gasteiger partial charge in [0.15, 0.2) is 0 Å². The van der Waals surface area contributed by atoms with Gasteiger partial charge in [-0.05, 0) is 51.9 Å². The maximum Gasteiger partial charge on any atom is 0.250 e. The summed E-state index contributed by atoms with van der Waals surface area (Å²) < 4.78 is 1.09. The molecule has 2 aliphatic rings. The Hall–Kier alpha value is -5.36. The monoisotopic (exact) mass is 633 g/mol. The van der Waals surface area contributed by atoms with Gasteiger partial charge >= 0.3 is 0 Å². The molecular formula is C34H31N7O4S. The number of fused-ring (bicyclic) bond motifs is 1. The SMILES string of the molecule is O=C(Cc1csc2ccccc12)N[C@H](C(=O)N[C@H]1CCc2cccc3c2N(C1=O)[C@H](C(=O)NCc1cn[nH]n1)C3)c1ccccc1. The Morgan fingerprint density at radius 2 is 1.80 bits per heavy atom. The molecule has 0 aliphatic carbocycles. The fourth-order valence-corrected chi connectivity index (χ4v) is 7.30. The lowest BCUT2D eigenvalue weighted by molar-refractivity contribution is -0.132. The van der Waals surface area contributed by atoms with Gasteiger partial charge in [-0.3, -0.25) is 24.1 Å². The van der Waals surface area contributed by atoms with Gasteiger partial charge in [0, 0.05) is 11.1 Å². The highest BCUT2D eigenvalue weighted by molar-refractivity contribution is 7.17. The summed E-state index contributed by atoms with van der Waals surface area (Å²) in [6, 6.07) is 20.0. The number of nitrogens with zero attached hydrogens (tertiary/aromatic N) is 3. The second-order valence-electron chi connectivity index (χ2n) is 11.5. The van der Waals surface area contributed by atoms with Crippen molar-refractivity contribution in [2.24, 2.45) is 0 Å². The number of aromatic amines is 1. The van der Waals surface area contributed by atoms with Crippen molar-refractivity contribution in [2.45, 2.75) is 50.4 Å². The molecule has 4 amide bonds. The highest BCUT2D eigenvalue weighted by atomic mass is 32.1. The van der Waals surface area contributed by atoms with Crippen molar-refractivity contribution < 1.29 is 19.2 Å². The van der Waals surface area contributed by atoms with E-state index in [1.807, 2.05) is 53.9 Å². The summed E-state index contributed by atoms with van der Waals surface area (Å²) in [4.78, 5) is 56.5. The van der Waals surface area contributed by atoms with E-state index in [2.05, 4.69) is 31.4 Å². The van der Waals surface area contributed by atoms with Crippen LogP contribution in [0, 0.1) is 0 Å². The average Bonchev–Trinajstić information content (AvgIpc) is 3.82. The molecule has 3 atom stereocenters. The molecule has 2 aliphatic heterocycles. The smallest absolute Gasteiger partial charge is 0.250 e. The fourth-order valence-electron chi connectivity index (χ4n) is 6.34. The number of rotatable bonds is 9. The fraction of sp³-hybridized carbons (Fsp3) is 0.235. The van der Waals surface area contributed by atoms with E-state index in [0.717, 1.165) is 32.5 Å². The summed E-state index contributed by atoms with van der Waals surface area (Å²) in [5.74, 6) is -1.48. The maximum absolute atomic E-state index is 14.2. The van der Waals surface area contributed by atoms with E-state index in [9.17, 15) is 19.2 Å². The highest BCUT2D eigenvalue weighted by Crippen LogP contribution is 2.39. The van der Waals surface area contributed by atoms with E-state index in [1.54, 1.807) is 40.5 Å². The Labute approximate surface area is 268 Å². The summed E-state index contributed by atoms with van der Waals surface area (Å²) in [5, 5.41) is 22.0. The first-order chi connectivity index (χ1) is 22.5. The summed E-state index contributed by atoms with van der Waals surface area (Å²) in [7, 11) is 0. The van der Waals surface area contributed by atoms with Crippen molar-refractivity contribution >= 4 is 50.7 Å². The topological polar surface area (TPSA) is 149 Å². The van der Waals surface area contributed by atoms with Crippen molar-refractivity contribution in [1.29, 1.82) is 0 Å². The molecule has 7 rings (SSSR count). The number of hydrogen-bond acceptors (Lipinski definition) is 7. The van der Waals surface area contributed by atoms with Gasteiger partial charge in [-0.2, -0.15) is 15.4 Å². The molecule has 232 valence electrons. The van der Waals surface area contributed by atoms with E-state index in [-0.39, 0.29) is 30.7 Å². The Kier molecular flexibility index (Phi) is 8.02. The van der Waals surface area contributed by atoms with Crippen LogP contribution in [0.5, 0.6) is 0 Å². The van der Waals surface area contributed by atoms with Crippen LogP contribution in [0.2, 0.25) is 0 Å². The normalized spacial score (nSPS) is 17.7. The molecule has 0 fully saturated rings. The Balaban J connectivity index is 1.11. The third-order valence-electron chi connectivity index (χ3n) is 8.55. The molecule has 4 heterocycles. The summed E-state index contributed by atoms with van der Waals surface area (Å²) >= 11 is 1.57. The minimum Gasteiger partial charge on any atom is -0.348 e. The van der Waals surface area contributed by atoms with E-state index in [1.165, 1.54) is 6.20 Å². The lowest BCUT2D eigenvalue weighted by atomic mass is 10.0. The third-order valence-corrected chi connectivity index (χ3v) is 9.56. The van der Waals surface area contributed by atoms with Crippen molar-refractivity contribution in [1.82, 2.24) is 31.4 Å². The lowest BCUT2D eigenvalue weighted by Gasteiger charge is -2.29. The van der Waals surface area contributed by atoms with E-state index in [0.29, 0.717) is 30.5 Å². The molecule has 0 spiro atoms. The highest BCUT2D eigenvalue weighted by Gasteiger charge is 2.44. The van der Waals surface area contributed by atoms with Gasteiger partial charge < -0.3 is 16.0 Å². The van der Waals surface area contributed by atoms with Gasteiger partial charge in [-0.1, -0.05) is 66.7 Å². The Bertz CT molecular complexity index is 1920. The van der Waals surface area contributed by atoms with Gasteiger partial charge in [0.1, 0.15) is 23.8 Å². The van der Waals surface area contributed by atoms with Crippen LogP contribution in [-0.2, 0) is 45.0 Å². The third kappa shape index (κ3) is 5.74. The van der Waals surface area contributed by atoms with Crippen molar-refractivity contribution in [3.63, 3.8) is 0 Å². The molecule has 0 saturated carbocycles. The molecule has 11 nitrogen and oxygen atoms in total. The van der Waals surface area contributed by atoms with E-state index in [4.69, 9.17) is 0 Å². The molecule has 0 saturated heterocycles. The molecule has 0 bridgehead atoms. The standard InChI is InChI=1S/C34H31N7O4S/c42-29(16-23-19-46-28-12-5-4-11-25(23)28)38-30(20-7-2-1-3-8-20)33(44)37-26-14-13-21-9-6-10-22-15-27(41(31(21)22)34(26)45)32(43)35-17-24-18-36-40-39-24/h1-12,18-19,26-27,30H,13-17H2,(H,35,43)(H,37,44)(H,38,42)(H,36,39,40)/t26-,27-,30-/m0/s1. The largest absolute Gasteiger partial charge is 0.348 e. The van der Waals surface area contributed by atoms with Gasteiger partial charge in [-0.15, -0.1) is 11.3 Å². The van der Waals surface area contributed by atoms with Gasteiger partial charge in [0.25, 0.3) is 0 Å².